The lowest BCUT2D eigenvalue weighted by Gasteiger charge is -2.22. The SMILES string of the molecule is Cc1cc(/C(O)=C2/C(=O)C(=O)N(Cc3ccco3)C2c2ccco2)ccc1Br. The lowest BCUT2D eigenvalue weighted by Crippen LogP contribution is -2.28. The normalized spacial score (nSPS) is 18.8. The van der Waals surface area contributed by atoms with Gasteiger partial charge in [-0.1, -0.05) is 22.0 Å². The molecule has 0 radical (unpaired) electrons. The number of likely N-dealkylation sites (tertiary alicyclic amines) is 1. The van der Waals surface area contributed by atoms with Gasteiger partial charge in [0.15, 0.2) is 0 Å². The van der Waals surface area contributed by atoms with Crippen LogP contribution in [0.1, 0.15) is 28.7 Å². The van der Waals surface area contributed by atoms with Crippen molar-refractivity contribution < 1.29 is 23.5 Å². The molecule has 0 spiro atoms. The van der Waals surface area contributed by atoms with Crippen LogP contribution in [-0.2, 0) is 16.1 Å². The number of hydrogen-bond acceptors (Lipinski definition) is 5. The molecule has 3 aromatic rings. The van der Waals surface area contributed by atoms with E-state index in [1.165, 1.54) is 17.4 Å². The predicted octanol–water partition coefficient (Wildman–Crippen LogP) is 4.57. The van der Waals surface area contributed by atoms with Crippen LogP contribution in [0.2, 0.25) is 0 Å². The first-order valence-electron chi connectivity index (χ1n) is 8.58. The van der Waals surface area contributed by atoms with Crippen LogP contribution in [0.5, 0.6) is 0 Å². The summed E-state index contributed by atoms with van der Waals surface area (Å²) >= 11 is 3.42. The van der Waals surface area contributed by atoms with Gasteiger partial charge in [0, 0.05) is 10.0 Å². The maximum Gasteiger partial charge on any atom is 0.296 e. The molecule has 3 heterocycles. The minimum atomic E-state index is -0.843. The lowest BCUT2D eigenvalue weighted by atomic mass is 9.98. The molecule has 1 aliphatic heterocycles. The van der Waals surface area contributed by atoms with Crippen molar-refractivity contribution in [1.82, 2.24) is 4.90 Å². The van der Waals surface area contributed by atoms with Gasteiger partial charge in [0.05, 0.1) is 24.6 Å². The molecule has 1 fully saturated rings. The molecular formula is C21H16BrNO5. The summed E-state index contributed by atoms with van der Waals surface area (Å²) in [5.41, 5.74) is 1.34. The van der Waals surface area contributed by atoms with Gasteiger partial charge in [-0.3, -0.25) is 9.59 Å². The fraction of sp³-hybridized carbons (Fsp3) is 0.143. The molecule has 7 heteroatoms. The highest BCUT2D eigenvalue weighted by Crippen LogP contribution is 2.40. The summed E-state index contributed by atoms with van der Waals surface area (Å²) in [7, 11) is 0. The van der Waals surface area contributed by atoms with Gasteiger partial charge in [-0.25, -0.2) is 0 Å². The second-order valence-electron chi connectivity index (χ2n) is 6.49. The standard InChI is InChI=1S/C21H16BrNO5/c1-12-10-13(6-7-15(12)22)19(24)17-18(16-5-3-9-28-16)23(21(26)20(17)25)11-14-4-2-8-27-14/h2-10,18,24H,11H2,1H3/b19-17-. The quantitative estimate of drug-likeness (QED) is 0.364. The first-order valence-corrected chi connectivity index (χ1v) is 9.37. The number of Topliss-reactive ketones (excluding diaryl/α,β-unsaturated/α-hetero) is 1. The van der Waals surface area contributed by atoms with Gasteiger partial charge in [0.1, 0.15) is 23.3 Å². The minimum absolute atomic E-state index is 0.00627. The molecule has 1 aromatic carbocycles. The molecule has 0 bridgehead atoms. The third kappa shape index (κ3) is 3.07. The van der Waals surface area contributed by atoms with E-state index < -0.39 is 17.7 Å². The molecule has 142 valence electrons. The van der Waals surface area contributed by atoms with Gasteiger partial charge < -0.3 is 18.8 Å². The third-order valence-corrected chi connectivity index (χ3v) is 5.58. The van der Waals surface area contributed by atoms with Gasteiger partial charge in [-0.15, -0.1) is 0 Å². The zero-order valence-corrected chi connectivity index (χ0v) is 16.5. The van der Waals surface area contributed by atoms with Crippen molar-refractivity contribution in [2.24, 2.45) is 0 Å². The fourth-order valence-electron chi connectivity index (χ4n) is 3.30. The number of ketones is 1. The number of aliphatic hydroxyl groups is 1. The van der Waals surface area contributed by atoms with Crippen LogP contribution in [0.15, 0.2) is 73.9 Å². The summed E-state index contributed by atoms with van der Waals surface area (Å²) in [5.74, 6) is -0.796. The van der Waals surface area contributed by atoms with E-state index in [4.69, 9.17) is 8.83 Å². The predicted molar refractivity (Wildman–Crippen MR) is 104 cm³/mol. The van der Waals surface area contributed by atoms with Crippen LogP contribution in [-0.4, -0.2) is 21.7 Å². The average Bonchev–Trinajstić information content (AvgIpc) is 3.42. The maximum absolute atomic E-state index is 12.8. The van der Waals surface area contributed by atoms with Crippen LogP contribution in [0.4, 0.5) is 0 Å². The summed E-state index contributed by atoms with van der Waals surface area (Å²) in [6, 6.07) is 11.1. The highest BCUT2D eigenvalue weighted by molar-refractivity contribution is 9.10. The van der Waals surface area contributed by atoms with E-state index in [1.807, 2.05) is 6.92 Å². The Morgan fingerprint density at radius 2 is 1.89 bits per heavy atom. The topological polar surface area (TPSA) is 83.9 Å². The van der Waals surface area contributed by atoms with E-state index in [-0.39, 0.29) is 17.9 Å². The molecule has 1 saturated heterocycles. The monoisotopic (exact) mass is 441 g/mol. The Balaban J connectivity index is 1.85. The van der Waals surface area contributed by atoms with Crippen molar-refractivity contribution in [3.05, 3.63) is 87.7 Å². The Morgan fingerprint density at radius 3 is 2.54 bits per heavy atom. The Hall–Kier alpha value is -3.06. The molecule has 0 saturated carbocycles. The number of carbonyl (C=O) groups is 2. The highest BCUT2D eigenvalue weighted by Gasteiger charge is 2.47. The smallest absolute Gasteiger partial charge is 0.296 e. The van der Waals surface area contributed by atoms with Crippen molar-refractivity contribution in [3.63, 3.8) is 0 Å². The molecule has 1 N–H and O–H groups in total. The largest absolute Gasteiger partial charge is 0.507 e. The molecule has 28 heavy (non-hydrogen) atoms. The first-order chi connectivity index (χ1) is 13.5. The number of carbonyl (C=O) groups excluding carboxylic acids is 2. The Labute approximate surface area is 169 Å². The van der Waals surface area contributed by atoms with Crippen LogP contribution >= 0.6 is 15.9 Å². The molecule has 2 aromatic heterocycles. The molecule has 1 aliphatic rings. The van der Waals surface area contributed by atoms with Crippen molar-refractivity contribution >= 4 is 33.4 Å². The van der Waals surface area contributed by atoms with E-state index in [0.29, 0.717) is 17.1 Å². The summed E-state index contributed by atoms with van der Waals surface area (Å²) in [6.45, 7) is 1.96. The van der Waals surface area contributed by atoms with Crippen LogP contribution in [0.3, 0.4) is 0 Å². The molecule has 0 aliphatic carbocycles. The average molecular weight is 442 g/mol. The number of amides is 1. The van der Waals surface area contributed by atoms with Crippen molar-refractivity contribution in [1.29, 1.82) is 0 Å². The molecule has 1 amide bonds. The number of benzene rings is 1. The van der Waals surface area contributed by atoms with E-state index in [2.05, 4.69) is 15.9 Å². The van der Waals surface area contributed by atoms with Gasteiger partial charge in [0.25, 0.3) is 11.7 Å². The summed E-state index contributed by atoms with van der Waals surface area (Å²) in [5, 5.41) is 10.9. The van der Waals surface area contributed by atoms with Crippen LogP contribution in [0, 0.1) is 6.92 Å². The number of rotatable bonds is 4. The summed E-state index contributed by atoms with van der Waals surface area (Å²) in [4.78, 5) is 26.9. The fourth-order valence-corrected chi connectivity index (χ4v) is 3.55. The maximum atomic E-state index is 12.8. The molecule has 4 rings (SSSR count). The third-order valence-electron chi connectivity index (χ3n) is 4.69. The number of halogens is 1. The molecule has 1 atom stereocenters. The number of hydrogen-bond donors (Lipinski definition) is 1. The van der Waals surface area contributed by atoms with Crippen LogP contribution in [0.25, 0.3) is 5.76 Å². The van der Waals surface area contributed by atoms with Gasteiger partial charge in [-0.05, 0) is 48.9 Å². The second-order valence-corrected chi connectivity index (χ2v) is 7.34. The van der Waals surface area contributed by atoms with Crippen molar-refractivity contribution in [2.75, 3.05) is 0 Å². The molecular weight excluding hydrogens is 426 g/mol. The molecule has 6 nitrogen and oxygen atoms in total. The number of aryl methyl sites for hydroxylation is 1. The lowest BCUT2D eigenvalue weighted by molar-refractivity contribution is -0.140. The molecule has 1 unspecified atom stereocenters. The van der Waals surface area contributed by atoms with E-state index >= 15 is 0 Å². The van der Waals surface area contributed by atoms with Gasteiger partial charge in [-0.2, -0.15) is 0 Å². The van der Waals surface area contributed by atoms with Gasteiger partial charge >= 0.3 is 0 Å². The Bertz CT molecular complexity index is 1070. The van der Waals surface area contributed by atoms with E-state index in [9.17, 15) is 14.7 Å². The zero-order valence-electron chi connectivity index (χ0n) is 14.9. The van der Waals surface area contributed by atoms with E-state index in [0.717, 1.165) is 10.0 Å². The highest BCUT2D eigenvalue weighted by atomic mass is 79.9. The van der Waals surface area contributed by atoms with E-state index in [1.54, 1.807) is 42.5 Å². The van der Waals surface area contributed by atoms with Crippen molar-refractivity contribution in [2.45, 2.75) is 19.5 Å². The number of nitrogens with zero attached hydrogens (tertiary/aromatic N) is 1. The minimum Gasteiger partial charge on any atom is -0.507 e. The summed E-state index contributed by atoms with van der Waals surface area (Å²) < 4.78 is 11.7. The zero-order chi connectivity index (χ0) is 19.8. The number of furan rings is 2. The van der Waals surface area contributed by atoms with Crippen molar-refractivity contribution in [3.8, 4) is 0 Å². The Kier molecular flexibility index (Phi) is 4.68. The number of aliphatic hydroxyl groups excluding tert-OH is 1. The second kappa shape index (κ2) is 7.16. The van der Waals surface area contributed by atoms with Crippen LogP contribution < -0.4 is 0 Å². The summed E-state index contributed by atoms with van der Waals surface area (Å²) in [6.07, 6.45) is 2.96. The Morgan fingerprint density at radius 1 is 1.14 bits per heavy atom. The first kappa shape index (κ1) is 18.3. The van der Waals surface area contributed by atoms with Gasteiger partial charge in [0.2, 0.25) is 0 Å².